The van der Waals surface area contributed by atoms with Crippen LogP contribution in [0.1, 0.15) is 48.0 Å². The topological polar surface area (TPSA) is 55.1 Å². The predicted octanol–water partition coefficient (Wildman–Crippen LogP) is 3.65. The smallest absolute Gasteiger partial charge is 0.251 e. The van der Waals surface area contributed by atoms with E-state index in [4.69, 9.17) is 5.73 Å². The lowest BCUT2D eigenvalue weighted by molar-refractivity contribution is 0.0951. The summed E-state index contributed by atoms with van der Waals surface area (Å²) in [5.41, 5.74) is 8.04. The molecule has 1 aromatic rings. The lowest BCUT2D eigenvalue weighted by atomic mass is 10.0. The van der Waals surface area contributed by atoms with E-state index >= 15 is 0 Å². The van der Waals surface area contributed by atoms with E-state index in [1.807, 2.05) is 19.1 Å². The summed E-state index contributed by atoms with van der Waals surface area (Å²) in [6.45, 7) is 2.64. The zero-order valence-corrected chi connectivity index (χ0v) is 12.9. The first-order valence-corrected chi connectivity index (χ1v) is 7.71. The number of rotatable bonds is 4. The zero-order chi connectivity index (χ0) is 13.8. The fourth-order valence-corrected chi connectivity index (χ4v) is 3.20. The number of nitrogen functional groups attached to an aromatic ring is 1. The van der Waals surface area contributed by atoms with Crippen LogP contribution in [0.3, 0.4) is 0 Å². The van der Waals surface area contributed by atoms with E-state index in [0.29, 0.717) is 11.3 Å². The molecular formula is C15H21BrN2O. The number of hydrogen-bond donors (Lipinski definition) is 2. The van der Waals surface area contributed by atoms with Gasteiger partial charge in [-0.1, -0.05) is 41.6 Å². The van der Waals surface area contributed by atoms with Gasteiger partial charge in [0.15, 0.2) is 0 Å². The normalized spacial score (nSPS) is 15.7. The number of hydrogen-bond acceptors (Lipinski definition) is 2. The molecule has 2 rings (SSSR count). The number of carbonyl (C=O) groups excluding carboxylic acids is 1. The van der Waals surface area contributed by atoms with Gasteiger partial charge in [-0.25, -0.2) is 0 Å². The van der Waals surface area contributed by atoms with E-state index in [1.165, 1.54) is 25.7 Å². The molecule has 4 heteroatoms. The molecule has 0 unspecified atom stereocenters. The molecule has 1 amide bonds. The standard InChI is InChI=1S/C15H21BrN2O/c1-10-13(8-12(16)9-14(10)17)15(19)18-7-6-11-4-2-3-5-11/h8-9,11H,2-7,17H2,1H3,(H,18,19). The third kappa shape index (κ3) is 3.72. The second kappa shape index (κ2) is 6.42. The molecule has 1 fully saturated rings. The third-order valence-electron chi connectivity index (χ3n) is 3.97. The monoisotopic (exact) mass is 324 g/mol. The van der Waals surface area contributed by atoms with Gasteiger partial charge >= 0.3 is 0 Å². The first-order valence-electron chi connectivity index (χ1n) is 6.91. The van der Waals surface area contributed by atoms with Crippen LogP contribution in [0.15, 0.2) is 16.6 Å². The molecule has 0 heterocycles. The van der Waals surface area contributed by atoms with Crippen LogP contribution in [0, 0.1) is 12.8 Å². The summed E-state index contributed by atoms with van der Waals surface area (Å²) in [6.07, 6.45) is 6.42. The van der Waals surface area contributed by atoms with Gasteiger partial charge in [0.1, 0.15) is 0 Å². The molecular weight excluding hydrogens is 304 g/mol. The summed E-state index contributed by atoms with van der Waals surface area (Å²) in [5, 5.41) is 3.01. The highest BCUT2D eigenvalue weighted by molar-refractivity contribution is 9.10. The molecule has 1 saturated carbocycles. The summed E-state index contributed by atoms with van der Waals surface area (Å²) >= 11 is 3.38. The molecule has 0 saturated heterocycles. The van der Waals surface area contributed by atoms with Crippen LogP contribution < -0.4 is 11.1 Å². The fraction of sp³-hybridized carbons (Fsp3) is 0.533. The van der Waals surface area contributed by atoms with Crippen LogP contribution >= 0.6 is 15.9 Å². The molecule has 0 aromatic heterocycles. The van der Waals surface area contributed by atoms with Crippen molar-refractivity contribution in [3.8, 4) is 0 Å². The van der Waals surface area contributed by atoms with Crippen LogP contribution in [0.25, 0.3) is 0 Å². The van der Waals surface area contributed by atoms with Crippen LogP contribution in [-0.2, 0) is 0 Å². The van der Waals surface area contributed by atoms with Crippen LogP contribution in [0.2, 0.25) is 0 Å². The van der Waals surface area contributed by atoms with Crippen molar-refractivity contribution in [1.29, 1.82) is 0 Å². The van der Waals surface area contributed by atoms with Crippen LogP contribution in [0.4, 0.5) is 5.69 Å². The number of carbonyl (C=O) groups is 1. The van der Waals surface area contributed by atoms with Crippen LogP contribution in [-0.4, -0.2) is 12.5 Å². The quantitative estimate of drug-likeness (QED) is 0.830. The first-order chi connectivity index (χ1) is 9.08. The maximum Gasteiger partial charge on any atom is 0.251 e. The number of amides is 1. The van der Waals surface area contributed by atoms with E-state index in [9.17, 15) is 4.79 Å². The minimum Gasteiger partial charge on any atom is -0.398 e. The van der Waals surface area contributed by atoms with Crippen molar-refractivity contribution < 1.29 is 4.79 Å². The van der Waals surface area contributed by atoms with Gasteiger partial charge in [-0.2, -0.15) is 0 Å². The second-order valence-corrected chi connectivity index (χ2v) is 6.28. The molecule has 0 bridgehead atoms. The van der Waals surface area contributed by atoms with E-state index < -0.39 is 0 Å². The van der Waals surface area contributed by atoms with Crippen molar-refractivity contribution in [3.05, 3.63) is 27.7 Å². The Labute approximate surface area is 123 Å². The van der Waals surface area contributed by atoms with E-state index in [2.05, 4.69) is 21.2 Å². The highest BCUT2D eigenvalue weighted by Crippen LogP contribution is 2.27. The Morgan fingerprint density at radius 1 is 1.42 bits per heavy atom. The third-order valence-corrected chi connectivity index (χ3v) is 4.43. The molecule has 1 aliphatic carbocycles. The van der Waals surface area contributed by atoms with Gasteiger partial charge < -0.3 is 11.1 Å². The number of benzene rings is 1. The highest BCUT2D eigenvalue weighted by Gasteiger charge is 2.16. The molecule has 0 aliphatic heterocycles. The Morgan fingerprint density at radius 2 is 2.11 bits per heavy atom. The lowest BCUT2D eigenvalue weighted by Crippen LogP contribution is -2.26. The van der Waals surface area contributed by atoms with E-state index in [0.717, 1.165) is 28.9 Å². The van der Waals surface area contributed by atoms with Gasteiger partial charge in [0.25, 0.3) is 5.91 Å². The molecule has 0 radical (unpaired) electrons. The van der Waals surface area contributed by atoms with Crippen molar-refractivity contribution >= 4 is 27.5 Å². The number of nitrogens with two attached hydrogens (primary N) is 1. The molecule has 0 spiro atoms. The molecule has 3 N–H and O–H groups in total. The average molecular weight is 325 g/mol. The molecule has 1 aromatic carbocycles. The van der Waals surface area contributed by atoms with Gasteiger partial charge in [0.05, 0.1) is 0 Å². The lowest BCUT2D eigenvalue weighted by Gasteiger charge is -2.12. The van der Waals surface area contributed by atoms with Crippen molar-refractivity contribution in [3.63, 3.8) is 0 Å². The summed E-state index contributed by atoms with van der Waals surface area (Å²) < 4.78 is 0.844. The maximum atomic E-state index is 12.2. The van der Waals surface area contributed by atoms with Gasteiger partial charge in [0.2, 0.25) is 0 Å². The molecule has 1 aliphatic rings. The molecule has 104 valence electrons. The minimum absolute atomic E-state index is 0.0245. The van der Waals surface area contributed by atoms with Crippen molar-refractivity contribution in [2.24, 2.45) is 5.92 Å². The maximum absolute atomic E-state index is 12.2. The highest BCUT2D eigenvalue weighted by atomic mass is 79.9. The van der Waals surface area contributed by atoms with Gasteiger partial charge in [-0.05, 0) is 37.0 Å². The van der Waals surface area contributed by atoms with Crippen molar-refractivity contribution in [1.82, 2.24) is 5.32 Å². The Balaban J connectivity index is 1.92. The van der Waals surface area contributed by atoms with Gasteiger partial charge in [-0.3, -0.25) is 4.79 Å². The van der Waals surface area contributed by atoms with Crippen molar-refractivity contribution in [2.75, 3.05) is 12.3 Å². The number of halogens is 1. The largest absolute Gasteiger partial charge is 0.398 e. The number of nitrogens with one attached hydrogen (secondary N) is 1. The van der Waals surface area contributed by atoms with E-state index in [-0.39, 0.29) is 5.91 Å². The van der Waals surface area contributed by atoms with Gasteiger partial charge in [0, 0.05) is 22.3 Å². The Hall–Kier alpha value is -1.03. The Morgan fingerprint density at radius 3 is 2.79 bits per heavy atom. The van der Waals surface area contributed by atoms with Crippen LogP contribution in [0.5, 0.6) is 0 Å². The fourth-order valence-electron chi connectivity index (χ4n) is 2.72. The molecule has 19 heavy (non-hydrogen) atoms. The Kier molecular flexibility index (Phi) is 4.86. The number of anilines is 1. The summed E-state index contributed by atoms with van der Waals surface area (Å²) in [4.78, 5) is 12.2. The predicted molar refractivity (Wildman–Crippen MR) is 82.2 cm³/mol. The molecule has 3 nitrogen and oxygen atoms in total. The molecule has 0 atom stereocenters. The Bertz CT molecular complexity index is 467. The van der Waals surface area contributed by atoms with Gasteiger partial charge in [-0.15, -0.1) is 0 Å². The minimum atomic E-state index is -0.0245. The summed E-state index contributed by atoms with van der Waals surface area (Å²) in [5.74, 6) is 0.775. The van der Waals surface area contributed by atoms with E-state index in [1.54, 1.807) is 0 Å². The average Bonchev–Trinajstić information content (AvgIpc) is 2.86. The first kappa shape index (κ1) is 14.4. The zero-order valence-electron chi connectivity index (χ0n) is 11.3. The SMILES string of the molecule is Cc1c(N)cc(Br)cc1C(=O)NCCC1CCCC1. The summed E-state index contributed by atoms with van der Waals surface area (Å²) in [6, 6.07) is 3.65. The van der Waals surface area contributed by atoms with Crippen molar-refractivity contribution in [2.45, 2.75) is 39.0 Å². The second-order valence-electron chi connectivity index (χ2n) is 5.36. The summed E-state index contributed by atoms with van der Waals surface area (Å²) in [7, 11) is 0.